The van der Waals surface area contributed by atoms with Gasteiger partial charge in [0.1, 0.15) is 6.54 Å². The van der Waals surface area contributed by atoms with Crippen molar-refractivity contribution in [2.45, 2.75) is 20.0 Å². The quantitative estimate of drug-likeness (QED) is 0.464. The number of pyridine rings is 2. The fourth-order valence-electron chi connectivity index (χ4n) is 3.35. The first-order chi connectivity index (χ1) is 15.9. The number of rotatable bonds is 6. The SMILES string of the molecule is CC(=O)Nc1ccc(NC(=O)Cn2cccc3c(=O)n(Cc4ccncc4)c(=O)nc2-3)cc1. The smallest absolute Gasteiger partial charge is 0.326 e. The fourth-order valence-corrected chi connectivity index (χ4v) is 3.35. The summed E-state index contributed by atoms with van der Waals surface area (Å²) in [6.07, 6.45) is 4.75. The molecular formula is C23H20N6O4. The fraction of sp³-hybridized carbons (Fsp3) is 0.130. The van der Waals surface area contributed by atoms with Gasteiger partial charge in [0.2, 0.25) is 11.8 Å². The van der Waals surface area contributed by atoms with Gasteiger partial charge in [-0.2, -0.15) is 4.98 Å². The summed E-state index contributed by atoms with van der Waals surface area (Å²) in [5, 5.41) is 5.39. The van der Waals surface area contributed by atoms with Gasteiger partial charge in [0.15, 0.2) is 5.82 Å². The zero-order valence-corrected chi connectivity index (χ0v) is 17.7. The van der Waals surface area contributed by atoms with Gasteiger partial charge < -0.3 is 15.2 Å². The van der Waals surface area contributed by atoms with E-state index >= 15 is 0 Å². The average molecular weight is 444 g/mol. The van der Waals surface area contributed by atoms with Crippen molar-refractivity contribution in [3.8, 4) is 11.4 Å². The Morgan fingerprint density at radius 1 is 0.939 bits per heavy atom. The van der Waals surface area contributed by atoms with Crippen LogP contribution in [0.2, 0.25) is 0 Å². The molecule has 0 fully saturated rings. The number of carbonyl (C=O) groups is 2. The first-order valence-corrected chi connectivity index (χ1v) is 10.1. The summed E-state index contributed by atoms with van der Waals surface area (Å²) in [6, 6.07) is 13.3. The first-order valence-electron chi connectivity index (χ1n) is 10.1. The third-order valence-electron chi connectivity index (χ3n) is 4.84. The lowest BCUT2D eigenvalue weighted by Crippen LogP contribution is -2.38. The number of carbonyl (C=O) groups excluding carboxylic acids is 2. The molecule has 0 saturated heterocycles. The molecule has 0 spiro atoms. The predicted octanol–water partition coefficient (Wildman–Crippen LogP) is 1.55. The van der Waals surface area contributed by atoms with Gasteiger partial charge in [-0.05, 0) is 54.1 Å². The Labute approximate surface area is 187 Å². The monoisotopic (exact) mass is 444 g/mol. The van der Waals surface area contributed by atoms with Crippen molar-refractivity contribution < 1.29 is 9.59 Å². The van der Waals surface area contributed by atoms with Gasteiger partial charge >= 0.3 is 5.69 Å². The summed E-state index contributed by atoms with van der Waals surface area (Å²) >= 11 is 0. The molecule has 1 aromatic heterocycles. The molecule has 0 atom stereocenters. The normalized spacial score (nSPS) is 10.7. The van der Waals surface area contributed by atoms with E-state index in [2.05, 4.69) is 20.6 Å². The Hall–Kier alpha value is -4.60. The second-order valence-corrected chi connectivity index (χ2v) is 7.32. The largest absolute Gasteiger partial charge is 0.352 e. The van der Waals surface area contributed by atoms with Gasteiger partial charge in [-0.1, -0.05) is 0 Å². The van der Waals surface area contributed by atoms with E-state index in [1.165, 1.54) is 11.5 Å². The van der Waals surface area contributed by atoms with E-state index < -0.39 is 11.2 Å². The number of benzene rings is 1. The van der Waals surface area contributed by atoms with E-state index in [0.29, 0.717) is 11.4 Å². The third kappa shape index (κ3) is 5.01. The number of fused-ring (bicyclic) bond motifs is 1. The van der Waals surface area contributed by atoms with E-state index in [-0.39, 0.29) is 36.3 Å². The van der Waals surface area contributed by atoms with Crippen molar-refractivity contribution in [1.82, 2.24) is 19.1 Å². The highest BCUT2D eigenvalue weighted by atomic mass is 16.2. The molecule has 0 unspecified atom stereocenters. The molecule has 10 heteroatoms. The lowest BCUT2D eigenvalue weighted by Gasteiger charge is -2.15. The number of nitrogens with zero attached hydrogens (tertiary/aromatic N) is 4. The highest BCUT2D eigenvalue weighted by molar-refractivity contribution is 5.92. The van der Waals surface area contributed by atoms with Crippen LogP contribution in [0.5, 0.6) is 0 Å². The van der Waals surface area contributed by atoms with Gasteiger partial charge in [-0.3, -0.25) is 23.9 Å². The number of hydrogen-bond acceptors (Lipinski definition) is 6. The lowest BCUT2D eigenvalue weighted by atomic mass is 10.2. The Bertz CT molecular complexity index is 1390. The summed E-state index contributed by atoms with van der Waals surface area (Å²) in [6.45, 7) is 1.34. The lowest BCUT2D eigenvalue weighted by molar-refractivity contribution is -0.117. The maximum absolute atomic E-state index is 13.0. The average Bonchev–Trinajstić information content (AvgIpc) is 2.79. The Morgan fingerprint density at radius 3 is 2.27 bits per heavy atom. The molecular weight excluding hydrogens is 424 g/mol. The maximum atomic E-state index is 13.0. The number of nitrogens with one attached hydrogen (secondary N) is 2. The summed E-state index contributed by atoms with van der Waals surface area (Å²) in [5.74, 6) is -0.422. The van der Waals surface area contributed by atoms with Crippen LogP contribution in [-0.4, -0.2) is 30.9 Å². The van der Waals surface area contributed by atoms with Crippen LogP contribution in [0.15, 0.2) is 76.7 Å². The molecule has 2 N–H and O–H groups in total. The molecule has 0 bridgehead atoms. The minimum absolute atomic E-state index is 0.0764. The van der Waals surface area contributed by atoms with E-state index in [9.17, 15) is 19.2 Å². The topological polar surface area (TPSA) is 128 Å². The minimum atomic E-state index is -0.696. The standard InChI is InChI=1S/C23H20N6O4/c1-15(30)25-17-4-6-18(7-5-17)26-20(31)14-28-12-2-3-19-21(28)27-23(33)29(22(19)32)13-16-8-10-24-11-9-16/h2-12H,13-14H2,1H3,(H,25,30)(H,26,31). The molecule has 2 aliphatic heterocycles. The van der Waals surface area contributed by atoms with Crippen LogP contribution in [0.1, 0.15) is 12.5 Å². The molecule has 0 radical (unpaired) electrons. The Morgan fingerprint density at radius 2 is 1.61 bits per heavy atom. The van der Waals surface area contributed by atoms with Gasteiger partial charge in [0.05, 0.1) is 12.1 Å². The van der Waals surface area contributed by atoms with Crippen molar-refractivity contribution in [2.75, 3.05) is 10.6 Å². The van der Waals surface area contributed by atoms with Gasteiger partial charge in [0, 0.05) is 36.9 Å². The highest BCUT2D eigenvalue weighted by Crippen LogP contribution is 2.16. The summed E-state index contributed by atoms with van der Waals surface area (Å²) < 4.78 is 2.51. The van der Waals surface area contributed by atoms with E-state index in [4.69, 9.17) is 0 Å². The van der Waals surface area contributed by atoms with Gasteiger partial charge in [-0.25, -0.2) is 4.79 Å². The number of hydrogen-bond donors (Lipinski definition) is 2. The van der Waals surface area contributed by atoms with Crippen LogP contribution in [0, 0.1) is 0 Å². The van der Waals surface area contributed by atoms with Crippen LogP contribution < -0.4 is 21.9 Å². The minimum Gasteiger partial charge on any atom is -0.326 e. The van der Waals surface area contributed by atoms with Crippen LogP contribution >= 0.6 is 0 Å². The zero-order chi connectivity index (χ0) is 23.4. The van der Waals surface area contributed by atoms with Crippen molar-refractivity contribution >= 4 is 23.2 Å². The van der Waals surface area contributed by atoms with Crippen LogP contribution in [-0.2, 0) is 22.7 Å². The second-order valence-electron chi connectivity index (χ2n) is 7.32. The van der Waals surface area contributed by atoms with E-state index in [1.54, 1.807) is 67.1 Å². The van der Waals surface area contributed by atoms with Crippen molar-refractivity contribution in [2.24, 2.45) is 0 Å². The number of amides is 2. The maximum Gasteiger partial charge on any atom is 0.352 e. The molecule has 4 rings (SSSR count). The Balaban J connectivity index is 1.56. The third-order valence-corrected chi connectivity index (χ3v) is 4.84. The van der Waals surface area contributed by atoms with Gasteiger partial charge in [-0.15, -0.1) is 0 Å². The molecule has 0 aliphatic carbocycles. The highest BCUT2D eigenvalue weighted by Gasteiger charge is 2.18. The van der Waals surface area contributed by atoms with E-state index in [0.717, 1.165) is 10.1 Å². The molecule has 1 aromatic carbocycles. The molecule has 33 heavy (non-hydrogen) atoms. The first kappa shape index (κ1) is 21.6. The van der Waals surface area contributed by atoms with E-state index in [1.807, 2.05) is 0 Å². The summed E-state index contributed by atoms with van der Waals surface area (Å²) in [5.41, 5.74) is 0.950. The number of aromatic nitrogens is 4. The predicted molar refractivity (Wildman–Crippen MR) is 122 cm³/mol. The van der Waals surface area contributed by atoms with Crippen LogP contribution in [0.25, 0.3) is 11.4 Å². The molecule has 0 saturated carbocycles. The molecule has 2 aliphatic rings. The molecule has 10 nitrogen and oxygen atoms in total. The molecule has 2 aromatic rings. The van der Waals surface area contributed by atoms with Crippen molar-refractivity contribution in [3.05, 3.63) is 93.5 Å². The Kier molecular flexibility index (Phi) is 6.07. The summed E-state index contributed by atoms with van der Waals surface area (Å²) in [4.78, 5) is 57.2. The molecule has 166 valence electrons. The van der Waals surface area contributed by atoms with Crippen molar-refractivity contribution in [1.29, 1.82) is 0 Å². The summed E-state index contributed by atoms with van der Waals surface area (Å²) in [7, 11) is 0. The molecule has 2 amide bonds. The number of anilines is 2. The van der Waals surface area contributed by atoms with Crippen LogP contribution in [0.4, 0.5) is 11.4 Å². The molecule has 3 heterocycles. The van der Waals surface area contributed by atoms with Crippen molar-refractivity contribution in [3.63, 3.8) is 0 Å². The zero-order valence-electron chi connectivity index (χ0n) is 17.7. The van der Waals surface area contributed by atoms with Gasteiger partial charge in [0.25, 0.3) is 5.56 Å². The van der Waals surface area contributed by atoms with Crippen LogP contribution in [0.3, 0.4) is 0 Å². The second kappa shape index (κ2) is 9.27.